The summed E-state index contributed by atoms with van der Waals surface area (Å²) in [6.07, 6.45) is -0.823. The first-order valence-electron chi connectivity index (χ1n) is 7.78. The fourth-order valence-electron chi connectivity index (χ4n) is 2.12. The zero-order chi connectivity index (χ0) is 17.8. The topological polar surface area (TPSA) is 80.3 Å². The number of carbonyl (C=O) groups is 2. The zero-order valence-electron chi connectivity index (χ0n) is 13.7. The van der Waals surface area contributed by atoms with Crippen molar-refractivity contribution < 1.29 is 14.3 Å². The number of likely N-dealkylation sites (N-methyl/N-ethyl adjacent to an activating group) is 1. The summed E-state index contributed by atoms with van der Waals surface area (Å²) in [5.41, 5.74) is 0.958. The quantitative estimate of drug-likeness (QED) is 0.641. The van der Waals surface area contributed by atoms with Crippen molar-refractivity contribution >= 4 is 54.9 Å². The molecule has 130 valence electrons. The van der Waals surface area contributed by atoms with E-state index in [1.54, 1.807) is 13.0 Å². The number of thiazole rings is 1. The average molecular weight is 375 g/mol. The van der Waals surface area contributed by atoms with Gasteiger partial charge in [-0.3, -0.25) is 4.79 Å². The van der Waals surface area contributed by atoms with E-state index in [4.69, 9.17) is 4.74 Å². The molecule has 0 aliphatic rings. The number of ether oxygens (including phenoxy) is 1. The number of esters is 1. The van der Waals surface area contributed by atoms with Gasteiger partial charge in [-0.1, -0.05) is 29.5 Å². The lowest BCUT2D eigenvalue weighted by Crippen LogP contribution is -2.35. The Morgan fingerprint density at radius 2 is 2.00 bits per heavy atom. The van der Waals surface area contributed by atoms with Crippen LogP contribution in [0.2, 0.25) is 0 Å². The third kappa shape index (κ3) is 4.15. The summed E-state index contributed by atoms with van der Waals surface area (Å²) in [5.74, 6) is -0.812. The first kappa shape index (κ1) is 17.4. The molecule has 25 heavy (non-hydrogen) atoms. The predicted octanol–water partition coefficient (Wildman–Crippen LogP) is 3.78. The van der Waals surface area contributed by atoms with Gasteiger partial charge in [-0.15, -0.1) is 11.3 Å². The Bertz CT molecular complexity index is 858. The highest BCUT2D eigenvalue weighted by molar-refractivity contribution is 7.29. The largest absolute Gasteiger partial charge is 0.448 e. The van der Waals surface area contributed by atoms with Crippen LogP contribution >= 0.6 is 22.7 Å². The van der Waals surface area contributed by atoms with Crippen molar-refractivity contribution in [2.45, 2.75) is 20.0 Å². The fraction of sp³-hybridized carbons (Fsp3) is 0.235. The van der Waals surface area contributed by atoms with Crippen molar-refractivity contribution in [3.05, 3.63) is 41.3 Å². The third-order valence-electron chi connectivity index (χ3n) is 3.32. The second-order valence-electron chi connectivity index (χ2n) is 5.23. The Balaban J connectivity index is 1.69. The molecule has 3 rings (SSSR count). The fourth-order valence-corrected chi connectivity index (χ4v) is 4.14. The van der Waals surface area contributed by atoms with Gasteiger partial charge in [0.15, 0.2) is 11.2 Å². The Morgan fingerprint density at radius 3 is 2.68 bits per heavy atom. The van der Waals surface area contributed by atoms with Crippen LogP contribution in [0.25, 0.3) is 9.53 Å². The van der Waals surface area contributed by atoms with Crippen LogP contribution in [-0.2, 0) is 9.53 Å². The number of hydrogen-bond acceptors (Lipinski definition) is 7. The van der Waals surface area contributed by atoms with Gasteiger partial charge < -0.3 is 15.4 Å². The lowest BCUT2D eigenvalue weighted by Gasteiger charge is -2.11. The van der Waals surface area contributed by atoms with Crippen LogP contribution in [0.5, 0.6) is 0 Å². The molecular weight excluding hydrogens is 358 g/mol. The van der Waals surface area contributed by atoms with Crippen molar-refractivity contribution in [2.24, 2.45) is 0 Å². The molecule has 1 amide bonds. The summed E-state index contributed by atoms with van der Waals surface area (Å²) in [4.78, 5) is 29.5. The Morgan fingerprint density at radius 1 is 1.24 bits per heavy atom. The minimum absolute atomic E-state index is 0.304. The second-order valence-corrected chi connectivity index (χ2v) is 7.29. The summed E-state index contributed by atoms with van der Waals surface area (Å²) in [6.45, 7) is 3.86. The lowest BCUT2D eigenvalue weighted by atomic mass is 10.3. The van der Waals surface area contributed by atoms with Crippen molar-refractivity contribution in [1.29, 1.82) is 0 Å². The SMILES string of the molecule is CCNC(=O)[C@@H](C)OC(=O)c1cc2sc(Nc3ccccc3)nc2s1. The molecule has 6 nitrogen and oxygen atoms in total. The summed E-state index contributed by atoms with van der Waals surface area (Å²) in [5, 5.41) is 6.62. The van der Waals surface area contributed by atoms with E-state index in [1.165, 1.54) is 22.7 Å². The lowest BCUT2D eigenvalue weighted by molar-refractivity contribution is -0.128. The van der Waals surface area contributed by atoms with Gasteiger partial charge in [-0.2, -0.15) is 0 Å². The van der Waals surface area contributed by atoms with E-state index in [0.717, 1.165) is 20.3 Å². The number of hydrogen-bond donors (Lipinski definition) is 2. The molecule has 0 radical (unpaired) electrons. The van der Waals surface area contributed by atoms with Crippen LogP contribution in [0.1, 0.15) is 23.5 Å². The van der Waals surface area contributed by atoms with E-state index in [2.05, 4.69) is 15.6 Å². The summed E-state index contributed by atoms with van der Waals surface area (Å²) in [6, 6.07) is 11.5. The molecule has 0 saturated heterocycles. The molecule has 0 unspecified atom stereocenters. The summed E-state index contributed by atoms with van der Waals surface area (Å²) < 4.78 is 6.10. The minimum Gasteiger partial charge on any atom is -0.448 e. The maximum Gasteiger partial charge on any atom is 0.349 e. The Kier molecular flexibility index (Phi) is 5.30. The van der Waals surface area contributed by atoms with Gasteiger partial charge in [0.25, 0.3) is 5.91 Å². The number of anilines is 2. The van der Waals surface area contributed by atoms with E-state index in [9.17, 15) is 9.59 Å². The predicted molar refractivity (Wildman–Crippen MR) is 101 cm³/mol. The average Bonchev–Trinajstić information content (AvgIpc) is 3.14. The van der Waals surface area contributed by atoms with Crippen LogP contribution in [0.15, 0.2) is 36.4 Å². The molecule has 0 fully saturated rings. The van der Waals surface area contributed by atoms with Gasteiger partial charge >= 0.3 is 5.97 Å². The normalized spacial score (nSPS) is 11.9. The number of aromatic nitrogens is 1. The van der Waals surface area contributed by atoms with Crippen LogP contribution in [-0.4, -0.2) is 29.5 Å². The van der Waals surface area contributed by atoms with Gasteiger partial charge in [0.2, 0.25) is 0 Å². The number of amides is 1. The molecule has 0 aliphatic heterocycles. The van der Waals surface area contributed by atoms with Crippen LogP contribution < -0.4 is 10.6 Å². The summed E-state index contributed by atoms with van der Waals surface area (Å²) >= 11 is 2.72. The Hall–Kier alpha value is -2.45. The van der Waals surface area contributed by atoms with Crippen LogP contribution in [0, 0.1) is 0 Å². The highest BCUT2D eigenvalue weighted by atomic mass is 32.1. The maximum absolute atomic E-state index is 12.2. The molecule has 2 aromatic heterocycles. The Labute approximate surface area is 152 Å². The van der Waals surface area contributed by atoms with Crippen LogP contribution in [0.4, 0.5) is 10.8 Å². The highest BCUT2D eigenvalue weighted by Crippen LogP contribution is 2.34. The molecule has 2 N–H and O–H groups in total. The van der Waals surface area contributed by atoms with Gasteiger partial charge in [-0.05, 0) is 32.0 Å². The van der Waals surface area contributed by atoms with Gasteiger partial charge in [-0.25, -0.2) is 9.78 Å². The number of carbonyl (C=O) groups excluding carboxylic acids is 2. The first-order valence-corrected chi connectivity index (χ1v) is 9.41. The number of benzene rings is 1. The number of nitrogens with one attached hydrogen (secondary N) is 2. The first-order chi connectivity index (χ1) is 12.1. The number of fused-ring (bicyclic) bond motifs is 1. The van der Waals surface area contributed by atoms with Crippen molar-refractivity contribution in [3.8, 4) is 0 Å². The molecule has 1 atom stereocenters. The number of thiophene rings is 1. The molecular formula is C17H17N3O3S2. The minimum atomic E-state index is -0.823. The summed E-state index contributed by atoms with van der Waals surface area (Å²) in [7, 11) is 0. The number of rotatable bonds is 6. The molecule has 0 spiro atoms. The molecule has 2 heterocycles. The van der Waals surface area contributed by atoms with Gasteiger partial charge in [0, 0.05) is 12.2 Å². The van der Waals surface area contributed by atoms with E-state index in [1.807, 2.05) is 37.3 Å². The van der Waals surface area contributed by atoms with Gasteiger partial charge in [0.05, 0.1) is 4.70 Å². The molecule has 1 aromatic carbocycles. The maximum atomic E-state index is 12.2. The molecule has 0 saturated carbocycles. The second kappa shape index (κ2) is 7.62. The van der Waals surface area contributed by atoms with E-state index in [0.29, 0.717) is 11.4 Å². The zero-order valence-corrected chi connectivity index (χ0v) is 15.4. The number of nitrogens with zero attached hydrogens (tertiary/aromatic N) is 1. The molecule has 0 aliphatic carbocycles. The van der Waals surface area contributed by atoms with Crippen LogP contribution in [0.3, 0.4) is 0 Å². The molecule has 3 aromatic rings. The monoisotopic (exact) mass is 375 g/mol. The third-order valence-corrected chi connectivity index (χ3v) is 5.38. The smallest absolute Gasteiger partial charge is 0.349 e. The van der Waals surface area contributed by atoms with E-state index in [-0.39, 0.29) is 5.91 Å². The van der Waals surface area contributed by atoms with Crippen molar-refractivity contribution in [1.82, 2.24) is 10.3 Å². The standard InChI is InChI=1S/C17H17N3O3S2/c1-3-18-14(21)10(2)23-16(22)13-9-12-15(24-13)20-17(25-12)19-11-7-5-4-6-8-11/h4-10H,3H2,1-2H3,(H,18,21)(H,19,20)/t10-/m1/s1. The molecule has 0 bridgehead atoms. The van der Waals surface area contributed by atoms with Gasteiger partial charge in [0.1, 0.15) is 9.71 Å². The van der Waals surface area contributed by atoms with Crippen molar-refractivity contribution in [3.63, 3.8) is 0 Å². The highest BCUT2D eigenvalue weighted by Gasteiger charge is 2.21. The van der Waals surface area contributed by atoms with Crippen molar-refractivity contribution in [2.75, 3.05) is 11.9 Å². The van der Waals surface area contributed by atoms with E-state index < -0.39 is 12.1 Å². The van der Waals surface area contributed by atoms with E-state index >= 15 is 0 Å². The molecule has 8 heteroatoms. The number of para-hydroxylation sites is 1.